The molecule has 1 heterocycles. The van der Waals surface area contributed by atoms with E-state index in [0.29, 0.717) is 24.1 Å². The molecule has 0 bridgehead atoms. The molecule has 2 aromatic rings. The Morgan fingerprint density at radius 1 is 1.15 bits per heavy atom. The molecular weight excluding hydrogens is 384 g/mol. The van der Waals surface area contributed by atoms with E-state index >= 15 is 0 Å². The van der Waals surface area contributed by atoms with Gasteiger partial charge in [0.05, 0.1) is 11.4 Å². The summed E-state index contributed by atoms with van der Waals surface area (Å²) < 4.78 is 26.9. The number of anilines is 1. The monoisotopic (exact) mass is 406 g/mol. The van der Waals surface area contributed by atoms with E-state index in [-0.39, 0.29) is 12.3 Å². The summed E-state index contributed by atoms with van der Waals surface area (Å²) in [4.78, 5) is 4.13. The lowest BCUT2D eigenvalue weighted by Crippen LogP contribution is -2.41. The highest BCUT2D eigenvalue weighted by Gasteiger charge is 2.28. The van der Waals surface area contributed by atoms with Crippen LogP contribution in [-0.2, 0) is 23.0 Å². The van der Waals surface area contributed by atoms with Gasteiger partial charge in [0.2, 0.25) is 10.0 Å². The average Bonchev–Trinajstić information content (AvgIpc) is 3.10. The molecule has 0 atom stereocenters. The Labute approximate surface area is 165 Å². The van der Waals surface area contributed by atoms with Gasteiger partial charge in [-0.2, -0.15) is 0 Å². The van der Waals surface area contributed by atoms with E-state index < -0.39 is 10.0 Å². The minimum Gasteiger partial charge on any atom is -0.355 e. The van der Waals surface area contributed by atoms with Crippen molar-refractivity contribution in [2.75, 3.05) is 30.2 Å². The average molecular weight is 407 g/mol. The van der Waals surface area contributed by atoms with E-state index in [9.17, 15) is 8.42 Å². The van der Waals surface area contributed by atoms with E-state index in [1.807, 2.05) is 48.5 Å². The van der Waals surface area contributed by atoms with E-state index in [0.717, 1.165) is 23.2 Å². The molecule has 0 spiro atoms. The SMILES string of the molecule is CN=C(NCCS(=O)(=O)N1CCc2ccccc21)NCc1ccccc1Cl. The fraction of sp³-hybridized carbons (Fsp3) is 0.316. The molecule has 1 aliphatic rings. The number of para-hydroxylation sites is 1. The minimum atomic E-state index is -3.38. The van der Waals surface area contributed by atoms with Gasteiger partial charge in [0, 0.05) is 31.7 Å². The summed E-state index contributed by atoms with van der Waals surface area (Å²) in [5.41, 5.74) is 2.81. The molecule has 144 valence electrons. The first kappa shape index (κ1) is 19.5. The predicted molar refractivity (Wildman–Crippen MR) is 111 cm³/mol. The summed E-state index contributed by atoms with van der Waals surface area (Å²) >= 11 is 6.14. The van der Waals surface area contributed by atoms with Crippen LogP contribution in [0.5, 0.6) is 0 Å². The van der Waals surface area contributed by atoms with Gasteiger partial charge in [0.25, 0.3) is 0 Å². The lowest BCUT2D eigenvalue weighted by atomic mass is 10.2. The van der Waals surface area contributed by atoms with Gasteiger partial charge in [-0.15, -0.1) is 0 Å². The summed E-state index contributed by atoms with van der Waals surface area (Å²) in [5, 5.41) is 6.87. The Hall–Kier alpha value is -2.25. The van der Waals surface area contributed by atoms with E-state index in [1.165, 1.54) is 4.31 Å². The first-order chi connectivity index (χ1) is 13.0. The number of benzene rings is 2. The molecule has 0 aliphatic carbocycles. The second-order valence-corrected chi connectivity index (χ2v) is 8.63. The maximum absolute atomic E-state index is 12.7. The largest absolute Gasteiger partial charge is 0.355 e. The molecule has 0 radical (unpaired) electrons. The number of hydrogen-bond acceptors (Lipinski definition) is 3. The molecule has 27 heavy (non-hydrogen) atoms. The molecule has 0 saturated carbocycles. The number of hydrogen-bond donors (Lipinski definition) is 2. The third kappa shape index (κ3) is 4.73. The van der Waals surface area contributed by atoms with Crippen LogP contribution in [0.4, 0.5) is 5.69 Å². The quantitative estimate of drug-likeness (QED) is 0.570. The standard InChI is InChI=1S/C19H23ClN4O2S/c1-21-19(23-14-16-7-2-4-8-17(16)20)22-11-13-27(25,26)24-12-10-15-6-3-5-9-18(15)24/h2-9H,10-14H2,1H3,(H2,21,22,23). The molecule has 0 aromatic heterocycles. The van der Waals surface area contributed by atoms with Gasteiger partial charge >= 0.3 is 0 Å². The van der Waals surface area contributed by atoms with E-state index in [2.05, 4.69) is 15.6 Å². The van der Waals surface area contributed by atoms with Gasteiger partial charge in [-0.3, -0.25) is 9.30 Å². The maximum Gasteiger partial charge on any atom is 0.236 e. The number of sulfonamides is 1. The van der Waals surface area contributed by atoms with Crippen molar-refractivity contribution >= 4 is 33.3 Å². The lowest BCUT2D eigenvalue weighted by Gasteiger charge is -2.20. The number of rotatable bonds is 6. The van der Waals surface area contributed by atoms with Crippen molar-refractivity contribution < 1.29 is 8.42 Å². The Morgan fingerprint density at radius 2 is 1.89 bits per heavy atom. The lowest BCUT2D eigenvalue weighted by molar-refractivity contribution is 0.591. The van der Waals surface area contributed by atoms with Crippen molar-refractivity contribution in [1.82, 2.24) is 10.6 Å². The number of halogens is 1. The third-order valence-corrected chi connectivity index (χ3v) is 6.60. The fourth-order valence-corrected chi connectivity index (χ4v) is 4.68. The number of fused-ring (bicyclic) bond motifs is 1. The zero-order valence-corrected chi connectivity index (χ0v) is 16.7. The molecule has 6 nitrogen and oxygen atoms in total. The summed E-state index contributed by atoms with van der Waals surface area (Å²) in [5.74, 6) is 0.528. The summed E-state index contributed by atoms with van der Waals surface area (Å²) in [6, 6.07) is 15.2. The molecular formula is C19H23ClN4O2S. The highest BCUT2D eigenvalue weighted by Crippen LogP contribution is 2.29. The summed E-state index contributed by atoms with van der Waals surface area (Å²) in [6.45, 7) is 1.27. The Morgan fingerprint density at radius 3 is 2.67 bits per heavy atom. The number of guanidine groups is 1. The molecule has 2 aromatic carbocycles. The number of aliphatic imine (C=N–C) groups is 1. The smallest absolute Gasteiger partial charge is 0.236 e. The predicted octanol–water partition coefficient (Wildman–Crippen LogP) is 2.40. The molecule has 8 heteroatoms. The van der Waals surface area contributed by atoms with Gasteiger partial charge in [0.15, 0.2) is 5.96 Å². The second kappa shape index (κ2) is 8.63. The Kier molecular flexibility index (Phi) is 6.23. The van der Waals surface area contributed by atoms with Crippen molar-refractivity contribution in [2.24, 2.45) is 4.99 Å². The van der Waals surface area contributed by atoms with Crippen LogP contribution in [0.1, 0.15) is 11.1 Å². The maximum atomic E-state index is 12.7. The fourth-order valence-electron chi connectivity index (χ4n) is 3.05. The van der Waals surface area contributed by atoms with Crippen molar-refractivity contribution in [3.05, 3.63) is 64.7 Å². The number of nitrogens with one attached hydrogen (secondary N) is 2. The summed E-state index contributed by atoms with van der Waals surface area (Å²) in [6.07, 6.45) is 0.754. The van der Waals surface area contributed by atoms with Gasteiger partial charge in [-0.25, -0.2) is 8.42 Å². The normalized spacial score (nSPS) is 14.1. The van der Waals surface area contributed by atoms with E-state index in [1.54, 1.807) is 7.05 Å². The molecule has 0 unspecified atom stereocenters. The van der Waals surface area contributed by atoms with Crippen LogP contribution in [0.15, 0.2) is 53.5 Å². The highest BCUT2D eigenvalue weighted by atomic mass is 35.5. The third-order valence-electron chi connectivity index (χ3n) is 4.46. The molecule has 0 saturated heterocycles. The van der Waals surface area contributed by atoms with Crippen molar-refractivity contribution in [3.63, 3.8) is 0 Å². The second-order valence-electron chi connectivity index (χ2n) is 6.21. The van der Waals surface area contributed by atoms with Crippen LogP contribution in [0.25, 0.3) is 0 Å². The van der Waals surface area contributed by atoms with Gasteiger partial charge in [-0.1, -0.05) is 48.0 Å². The van der Waals surface area contributed by atoms with Crippen LogP contribution < -0.4 is 14.9 Å². The zero-order chi connectivity index (χ0) is 19.3. The van der Waals surface area contributed by atoms with Crippen LogP contribution in [0.3, 0.4) is 0 Å². The number of nitrogens with zero attached hydrogens (tertiary/aromatic N) is 2. The molecule has 0 amide bonds. The first-order valence-corrected chi connectivity index (χ1v) is 10.8. The van der Waals surface area contributed by atoms with Crippen molar-refractivity contribution in [1.29, 1.82) is 0 Å². The van der Waals surface area contributed by atoms with Gasteiger partial charge in [0.1, 0.15) is 0 Å². The van der Waals surface area contributed by atoms with E-state index in [4.69, 9.17) is 11.6 Å². The minimum absolute atomic E-state index is 0.00583. The molecule has 3 rings (SSSR count). The van der Waals surface area contributed by atoms with Crippen molar-refractivity contribution in [3.8, 4) is 0 Å². The summed E-state index contributed by atoms with van der Waals surface area (Å²) in [7, 11) is -1.74. The molecule has 2 N–H and O–H groups in total. The Bertz CT molecular complexity index is 931. The van der Waals surface area contributed by atoms with Crippen molar-refractivity contribution in [2.45, 2.75) is 13.0 Å². The topological polar surface area (TPSA) is 73.8 Å². The zero-order valence-electron chi connectivity index (χ0n) is 15.2. The first-order valence-electron chi connectivity index (χ1n) is 8.77. The highest BCUT2D eigenvalue weighted by molar-refractivity contribution is 7.92. The molecule has 1 aliphatic heterocycles. The van der Waals surface area contributed by atoms with Crippen LogP contribution >= 0.6 is 11.6 Å². The molecule has 0 fully saturated rings. The van der Waals surface area contributed by atoms with Crippen LogP contribution in [0, 0.1) is 0 Å². The Balaban J connectivity index is 1.53. The van der Waals surface area contributed by atoms with Crippen LogP contribution in [0.2, 0.25) is 5.02 Å². The van der Waals surface area contributed by atoms with Gasteiger partial charge in [-0.05, 0) is 29.7 Å². The van der Waals surface area contributed by atoms with Gasteiger partial charge < -0.3 is 10.6 Å². The van der Waals surface area contributed by atoms with Crippen LogP contribution in [-0.4, -0.2) is 40.3 Å².